The molecule has 1 nitrogen and oxygen atoms in total. The van der Waals surface area contributed by atoms with E-state index in [0.29, 0.717) is 4.47 Å². The van der Waals surface area contributed by atoms with Crippen LogP contribution in [-0.2, 0) is 6.42 Å². The normalized spacial score (nSPS) is 10.4. The van der Waals surface area contributed by atoms with Crippen LogP contribution in [0, 0.1) is 5.82 Å². The molecule has 0 saturated carbocycles. The van der Waals surface area contributed by atoms with Gasteiger partial charge in [0.05, 0.1) is 10.6 Å². The predicted molar refractivity (Wildman–Crippen MR) is 73.6 cm³/mol. The van der Waals surface area contributed by atoms with Crippen molar-refractivity contribution < 1.29 is 9.18 Å². The van der Waals surface area contributed by atoms with Crippen molar-refractivity contribution in [1.82, 2.24) is 0 Å². The highest BCUT2D eigenvalue weighted by Crippen LogP contribution is 2.28. The fourth-order valence-corrected chi connectivity index (χ4v) is 2.09. The van der Waals surface area contributed by atoms with Gasteiger partial charge >= 0.3 is 0 Å². The average Bonchev–Trinajstić information content (AvgIpc) is 2.37. The fraction of sp³-hybridized carbons (Fsp3) is 0.0714. The zero-order valence-electron chi connectivity index (χ0n) is 9.29. The number of carbonyl (C=O) groups is 1. The summed E-state index contributed by atoms with van der Waals surface area (Å²) in [6.45, 7) is 0. The van der Waals surface area contributed by atoms with Crippen LogP contribution in [0.15, 0.2) is 46.9 Å². The number of rotatable bonds is 3. The van der Waals surface area contributed by atoms with Gasteiger partial charge in [0.1, 0.15) is 0 Å². The maximum atomic E-state index is 13.8. The second-order valence-electron chi connectivity index (χ2n) is 3.81. The molecular formula is C14H9BrClFO. The molecule has 0 aliphatic heterocycles. The van der Waals surface area contributed by atoms with Crippen molar-refractivity contribution in [3.8, 4) is 0 Å². The number of carbonyl (C=O) groups excluding carboxylic acids is 1. The molecule has 0 aliphatic carbocycles. The molecule has 0 heterocycles. The van der Waals surface area contributed by atoms with Crippen LogP contribution in [0.3, 0.4) is 0 Å². The lowest BCUT2D eigenvalue weighted by Crippen LogP contribution is -2.06. The van der Waals surface area contributed by atoms with E-state index in [0.717, 1.165) is 5.56 Å². The van der Waals surface area contributed by atoms with Crippen molar-refractivity contribution in [3.63, 3.8) is 0 Å². The molecule has 0 radical (unpaired) electrons. The highest BCUT2D eigenvalue weighted by molar-refractivity contribution is 9.10. The summed E-state index contributed by atoms with van der Waals surface area (Å²) in [5.41, 5.74) is 0.869. The molecule has 0 unspecified atom stereocenters. The van der Waals surface area contributed by atoms with Crippen molar-refractivity contribution in [3.05, 3.63) is 68.9 Å². The van der Waals surface area contributed by atoms with Gasteiger partial charge < -0.3 is 0 Å². The van der Waals surface area contributed by atoms with Crippen molar-refractivity contribution in [2.24, 2.45) is 0 Å². The summed E-state index contributed by atoms with van der Waals surface area (Å²) < 4.78 is 14.3. The van der Waals surface area contributed by atoms with Gasteiger partial charge in [-0.25, -0.2) is 4.39 Å². The molecule has 2 aromatic carbocycles. The number of Topliss-reactive ketones (excluding diaryl/α,β-unsaturated/α-hetero) is 1. The fourth-order valence-electron chi connectivity index (χ4n) is 1.62. The van der Waals surface area contributed by atoms with Crippen LogP contribution < -0.4 is 0 Å². The van der Waals surface area contributed by atoms with Crippen LogP contribution in [0.25, 0.3) is 0 Å². The summed E-state index contributed by atoms with van der Waals surface area (Å²) >= 11 is 8.87. The lowest BCUT2D eigenvalue weighted by molar-refractivity contribution is 0.0989. The molecule has 0 atom stereocenters. The summed E-state index contributed by atoms with van der Waals surface area (Å²) in [6, 6.07) is 12.2. The monoisotopic (exact) mass is 326 g/mol. The van der Waals surface area contributed by atoms with Gasteiger partial charge in [-0.2, -0.15) is 0 Å². The Balaban J connectivity index is 2.28. The van der Waals surface area contributed by atoms with Crippen LogP contribution in [-0.4, -0.2) is 5.78 Å². The lowest BCUT2D eigenvalue weighted by atomic mass is 10.0. The summed E-state index contributed by atoms with van der Waals surface area (Å²) in [5.74, 6) is -0.958. The molecule has 0 fully saturated rings. The maximum Gasteiger partial charge on any atom is 0.170 e. The minimum atomic E-state index is -0.674. The molecule has 2 rings (SSSR count). The SMILES string of the molecule is O=C(Cc1ccccc1)c1ccc(Br)c(Cl)c1F. The van der Waals surface area contributed by atoms with E-state index >= 15 is 0 Å². The summed E-state index contributed by atoms with van der Waals surface area (Å²) in [7, 11) is 0. The van der Waals surface area contributed by atoms with Crippen molar-refractivity contribution in [2.45, 2.75) is 6.42 Å². The first-order valence-corrected chi connectivity index (χ1v) is 6.47. The molecule has 0 bridgehead atoms. The quantitative estimate of drug-likeness (QED) is 0.591. The van der Waals surface area contributed by atoms with Crippen molar-refractivity contribution in [2.75, 3.05) is 0 Å². The van der Waals surface area contributed by atoms with E-state index in [9.17, 15) is 9.18 Å². The summed E-state index contributed by atoms with van der Waals surface area (Å²) in [5, 5.41) is -0.0612. The summed E-state index contributed by atoms with van der Waals surface area (Å²) in [4.78, 5) is 12.0. The molecule has 4 heteroatoms. The number of benzene rings is 2. The van der Waals surface area contributed by atoms with E-state index < -0.39 is 5.82 Å². The van der Waals surface area contributed by atoms with E-state index in [1.54, 1.807) is 6.07 Å². The Morgan fingerprint density at radius 1 is 1.17 bits per heavy atom. The molecule has 0 N–H and O–H groups in total. The summed E-state index contributed by atoms with van der Waals surface area (Å²) in [6.07, 6.45) is 0.162. The van der Waals surface area contributed by atoms with Gasteiger partial charge in [-0.05, 0) is 33.6 Å². The van der Waals surface area contributed by atoms with E-state index in [2.05, 4.69) is 15.9 Å². The molecule has 0 aliphatic rings. The second kappa shape index (κ2) is 5.63. The Bertz CT molecular complexity index is 584. The first kappa shape index (κ1) is 13.2. The third kappa shape index (κ3) is 2.79. The zero-order valence-corrected chi connectivity index (χ0v) is 11.6. The van der Waals surface area contributed by atoms with Crippen molar-refractivity contribution >= 4 is 33.3 Å². The number of hydrogen-bond donors (Lipinski definition) is 0. The highest BCUT2D eigenvalue weighted by atomic mass is 79.9. The number of hydrogen-bond acceptors (Lipinski definition) is 1. The minimum Gasteiger partial charge on any atom is -0.294 e. The first-order chi connectivity index (χ1) is 8.59. The van der Waals surface area contributed by atoms with E-state index in [4.69, 9.17) is 11.6 Å². The second-order valence-corrected chi connectivity index (χ2v) is 5.04. The van der Waals surface area contributed by atoms with Gasteiger partial charge in [0, 0.05) is 10.9 Å². The minimum absolute atomic E-state index is 0.0204. The number of ketones is 1. The third-order valence-corrected chi connectivity index (χ3v) is 3.80. The standard InChI is InChI=1S/C14H9BrClFO/c15-11-7-6-10(14(17)13(11)16)12(18)8-9-4-2-1-3-5-9/h1-7H,8H2. The molecule has 0 amide bonds. The van der Waals surface area contributed by atoms with Crippen LogP contribution in [0.2, 0.25) is 5.02 Å². The van der Waals surface area contributed by atoms with E-state index in [1.807, 2.05) is 30.3 Å². The van der Waals surface area contributed by atoms with Gasteiger partial charge in [-0.15, -0.1) is 0 Å². The third-order valence-electron chi connectivity index (χ3n) is 2.54. The lowest BCUT2D eigenvalue weighted by Gasteiger charge is -2.05. The smallest absolute Gasteiger partial charge is 0.170 e. The zero-order chi connectivity index (χ0) is 13.1. The van der Waals surface area contributed by atoms with Crippen molar-refractivity contribution in [1.29, 1.82) is 0 Å². The molecule has 0 aromatic heterocycles. The van der Waals surface area contributed by atoms with Gasteiger partial charge in [0.2, 0.25) is 0 Å². The molecular weight excluding hydrogens is 319 g/mol. The van der Waals surface area contributed by atoms with E-state index in [1.165, 1.54) is 6.07 Å². The highest BCUT2D eigenvalue weighted by Gasteiger charge is 2.16. The van der Waals surface area contributed by atoms with Crippen LogP contribution >= 0.6 is 27.5 Å². The molecule has 18 heavy (non-hydrogen) atoms. The Labute approximate surface area is 118 Å². The van der Waals surface area contributed by atoms with Gasteiger partial charge in [0.25, 0.3) is 0 Å². The van der Waals surface area contributed by atoms with Crippen LogP contribution in [0.4, 0.5) is 4.39 Å². The van der Waals surface area contributed by atoms with Gasteiger partial charge in [0.15, 0.2) is 11.6 Å². The number of halogens is 3. The molecule has 92 valence electrons. The topological polar surface area (TPSA) is 17.1 Å². The van der Waals surface area contributed by atoms with Crippen LogP contribution in [0.1, 0.15) is 15.9 Å². The van der Waals surface area contributed by atoms with E-state index in [-0.39, 0.29) is 22.8 Å². The first-order valence-electron chi connectivity index (χ1n) is 5.30. The maximum absolute atomic E-state index is 13.8. The van der Waals surface area contributed by atoms with Crippen LogP contribution in [0.5, 0.6) is 0 Å². The molecule has 2 aromatic rings. The Morgan fingerprint density at radius 2 is 1.83 bits per heavy atom. The van der Waals surface area contributed by atoms with Gasteiger partial charge in [-0.3, -0.25) is 4.79 Å². The Morgan fingerprint density at radius 3 is 2.50 bits per heavy atom. The Kier molecular flexibility index (Phi) is 4.15. The molecule has 0 saturated heterocycles. The Hall–Kier alpha value is -1.19. The molecule has 0 spiro atoms. The largest absolute Gasteiger partial charge is 0.294 e. The van der Waals surface area contributed by atoms with Gasteiger partial charge in [-0.1, -0.05) is 41.9 Å². The average molecular weight is 328 g/mol. The predicted octanol–water partition coefficient (Wildman–Crippen LogP) is 4.67.